The lowest BCUT2D eigenvalue weighted by Crippen LogP contribution is -2.30. The first-order valence-electron chi connectivity index (χ1n) is 7.93. The maximum absolute atomic E-state index is 12.5. The topological polar surface area (TPSA) is 63.7 Å². The van der Waals surface area contributed by atoms with Crippen molar-refractivity contribution in [1.82, 2.24) is 0 Å². The second-order valence-corrected chi connectivity index (χ2v) is 5.85. The number of anilines is 1. The van der Waals surface area contributed by atoms with Gasteiger partial charge in [-0.1, -0.05) is 19.1 Å². The summed E-state index contributed by atoms with van der Waals surface area (Å²) in [6, 6.07) is 6.44. The number of benzene rings is 1. The summed E-state index contributed by atoms with van der Waals surface area (Å²) in [5.74, 6) is -1.19. The number of amides is 2. The van der Waals surface area contributed by atoms with Crippen LogP contribution >= 0.6 is 0 Å². The van der Waals surface area contributed by atoms with Gasteiger partial charge >= 0.3 is 5.97 Å². The smallest absolute Gasteiger partial charge is 0.338 e. The lowest BCUT2D eigenvalue weighted by molar-refractivity contribution is -0.122. The Hall–Kier alpha value is -2.43. The number of imide groups is 1. The van der Waals surface area contributed by atoms with E-state index >= 15 is 0 Å². The van der Waals surface area contributed by atoms with Crippen LogP contribution in [0.5, 0.6) is 0 Å². The number of carbonyl (C=O) groups is 3. The number of carbonyl (C=O) groups excluding carboxylic acids is 3. The summed E-state index contributed by atoms with van der Waals surface area (Å²) in [7, 11) is 0. The highest BCUT2D eigenvalue weighted by Gasteiger charge is 2.47. The first kappa shape index (κ1) is 15.5. The second-order valence-electron chi connectivity index (χ2n) is 5.85. The molecule has 23 heavy (non-hydrogen) atoms. The zero-order chi connectivity index (χ0) is 16.4. The van der Waals surface area contributed by atoms with Crippen molar-refractivity contribution < 1.29 is 19.1 Å². The quantitative estimate of drug-likeness (QED) is 0.487. The average Bonchev–Trinajstić information content (AvgIpc) is 2.84. The molecule has 2 aliphatic rings. The Bertz CT molecular complexity index is 636. The summed E-state index contributed by atoms with van der Waals surface area (Å²) < 4.78 is 5.07. The molecule has 0 spiro atoms. The standard InChI is InChI=1S/C18H19NO4/c1-2-11-23-18(22)12-7-9-13(10-8-12)19-16(20)14-5-3-4-6-15(14)17(19)21/h3-4,7-10,14-15H,2,5-6,11H2,1H3/t14-,15-/m1/s1. The van der Waals surface area contributed by atoms with Gasteiger partial charge in [-0.25, -0.2) is 4.79 Å². The first-order chi connectivity index (χ1) is 11.1. The number of rotatable bonds is 4. The maximum Gasteiger partial charge on any atom is 0.338 e. The zero-order valence-corrected chi connectivity index (χ0v) is 13.0. The van der Waals surface area contributed by atoms with Crippen molar-refractivity contribution in [2.75, 3.05) is 11.5 Å². The number of hydrogen-bond donors (Lipinski definition) is 0. The van der Waals surface area contributed by atoms with Crippen LogP contribution in [0.25, 0.3) is 0 Å². The molecule has 2 amide bonds. The summed E-state index contributed by atoms with van der Waals surface area (Å²) in [5.41, 5.74) is 0.932. The average molecular weight is 313 g/mol. The molecule has 1 heterocycles. The van der Waals surface area contributed by atoms with E-state index in [-0.39, 0.29) is 23.7 Å². The fraction of sp³-hybridized carbons (Fsp3) is 0.389. The van der Waals surface area contributed by atoms with Crippen LogP contribution in [0.3, 0.4) is 0 Å². The third-order valence-corrected chi connectivity index (χ3v) is 4.31. The molecule has 1 aromatic rings. The molecule has 1 saturated heterocycles. The van der Waals surface area contributed by atoms with Gasteiger partial charge in [-0.3, -0.25) is 14.5 Å². The third kappa shape index (κ3) is 2.79. The van der Waals surface area contributed by atoms with Gasteiger partial charge in [0.15, 0.2) is 0 Å². The Morgan fingerprint density at radius 1 is 1.09 bits per heavy atom. The van der Waals surface area contributed by atoms with E-state index in [1.807, 2.05) is 19.1 Å². The molecule has 1 aliphatic carbocycles. The monoisotopic (exact) mass is 313 g/mol. The minimum absolute atomic E-state index is 0.148. The number of allylic oxidation sites excluding steroid dienone is 2. The molecule has 3 rings (SSSR count). The van der Waals surface area contributed by atoms with Gasteiger partial charge < -0.3 is 4.74 Å². The van der Waals surface area contributed by atoms with Gasteiger partial charge in [-0.2, -0.15) is 0 Å². The molecule has 0 bridgehead atoms. The Kier molecular flexibility index (Phi) is 4.28. The van der Waals surface area contributed by atoms with Crippen molar-refractivity contribution in [3.8, 4) is 0 Å². The molecule has 2 atom stereocenters. The van der Waals surface area contributed by atoms with E-state index in [0.29, 0.717) is 30.7 Å². The number of hydrogen-bond acceptors (Lipinski definition) is 4. The molecule has 1 fully saturated rings. The highest BCUT2D eigenvalue weighted by atomic mass is 16.5. The van der Waals surface area contributed by atoms with Crippen LogP contribution in [0, 0.1) is 11.8 Å². The van der Waals surface area contributed by atoms with Crippen molar-refractivity contribution in [2.24, 2.45) is 11.8 Å². The summed E-state index contributed by atoms with van der Waals surface area (Å²) in [6.07, 6.45) is 5.92. The summed E-state index contributed by atoms with van der Waals surface area (Å²) in [6.45, 7) is 2.30. The van der Waals surface area contributed by atoms with E-state index in [0.717, 1.165) is 6.42 Å². The fourth-order valence-corrected chi connectivity index (χ4v) is 3.08. The van der Waals surface area contributed by atoms with Gasteiger partial charge in [0.2, 0.25) is 11.8 Å². The van der Waals surface area contributed by atoms with E-state index in [9.17, 15) is 14.4 Å². The van der Waals surface area contributed by atoms with E-state index in [1.54, 1.807) is 24.3 Å². The summed E-state index contributed by atoms with van der Waals surface area (Å²) in [4.78, 5) is 38.0. The molecule has 120 valence electrons. The fourth-order valence-electron chi connectivity index (χ4n) is 3.08. The zero-order valence-electron chi connectivity index (χ0n) is 13.0. The van der Waals surface area contributed by atoms with Crippen LogP contribution in [0.4, 0.5) is 5.69 Å². The Labute approximate surface area is 134 Å². The van der Waals surface area contributed by atoms with Crippen LogP contribution < -0.4 is 4.90 Å². The molecular weight excluding hydrogens is 294 g/mol. The van der Waals surface area contributed by atoms with E-state index in [1.165, 1.54) is 4.90 Å². The molecule has 1 aliphatic heterocycles. The van der Waals surface area contributed by atoms with Crippen molar-refractivity contribution in [2.45, 2.75) is 26.2 Å². The lowest BCUT2D eigenvalue weighted by Gasteiger charge is -2.15. The molecular formula is C18H19NO4. The Morgan fingerprint density at radius 3 is 2.17 bits per heavy atom. The predicted molar refractivity (Wildman–Crippen MR) is 84.9 cm³/mol. The van der Waals surface area contributed by atoms with Crippen LogP contribution in [-0.2, 0) is 14.3 Å². The molecule has 5 heteroatoms. The number of ether oxygens (including phenoxy) is 1. The van der Waals surface area contributed by atoms with Crippen LogP contribution in [0.2, 0.25) is 0 Å². The van der Waals surface area contributed by atoms with Crippen molar-refractivity contribution in [3.63, 3.8) is 0 Å². The molecule has 0 aromatic heterocycles. The van der Waals surface area contributed by atoms with Gasteiger partial charge in [0.1, 0.15) is 0 Å². The lowest BCUT2D eigenvalue weighted by atomic mass is 9.85. The highest BCUT2D eigenvalue weighted by Crippen LogP contribution is 2.37. The second kappa shape index (κ2) is 6.36. The highest BCUT2D eigenvalue weighted by molar-refractivity contribution is 6.22. The predicted octanol–water partition coefficient (Wildman–Crippen LogP) is 2.71. The Morgan fingerprint density at radius 2 is 1.65 bits per heavy atom. The molecule has 0 radical (unpaired) electrons. The summed E-state index contributed by atoms with van der Waals surface area (Å²) in [5, 5.41) is 0. The molecule has 5 nitrogen and oxygen atoms in total. The van der Waals surface area contributed by atoms with Crippen molar-refractivity contribution in [1.29, 1.82) is 0 Å². The largest absolute Gasteiger partial charge is 0.462 e. The summed E-state index contributed by atoms with van der Waals surface area (Å²) >= 11 is 0. The Balaban J connectivity index is 1.78. The van der Waals surface area contributed by atoms with E-state index in [2.05, 4.69) is 0 Å². The van der Waals surface area contributed by atoms with Crippen LogP contribution in [-0.4, -0.2) is 24.4 Å². The number of nitrogens with zero attached hydrogens (tertiary/aromatic N) is 1. The van der Waals surface area contributed by atoms with E-state index < -0.39 is 5.97 Å². The van der Waals surface area contributed by atoms with Crippen LogP contribution in [0.1, 0.15) is 36.5 Å². The van der Waals surface area contributed by atoms with Gasteiger partial charge in [0.25, 0.3) is 0 Å². The first-order valence-corrected chi connectivity index (χ1v) is 7.93. The maximum atomic E-state index is 12.5. The van der Waals surface area contributed by atoms with Crippen molar-refractivity contribution in [3.05, 3.63) is 42.0 Å². The van der Waals surface area contributed by atoms with Crippen molar-refractivity contribution >= 4 is 23.5 Å². The van der Waals surface area contributed by atoms with Crippen LogP contribution in [0.15, 0.2) is 36.4 Å². The molecule has 1 aromatic carbocycles. The van der Waals surface area contributed by atoms with Gasteiger partial charge in [0, 0.05) is 0 Å². The minimum Gasteiger partial charge on any atom is -0.462 e. The molecule has 0 N–H and O–H groups in total. The van der Waals surface area contributed by atoms with Gasteiger partial charge in [-0.05, 0) is 43.5 Å². The molecule has 0 saturated carbocycles. The normalized spacial score (nSPS) is 23.1. The minimum atomic E-state index is -0.393. The SMILES string of the molecule is CCCOC(=O)c1ccc(N2C(=O)[C@@H]3CC=CC[C@H]3C2=O)cc1. The molecule has 0 unspecified atom stereocenters. The van der Waals surface area contributed by atoms with Gasteiger partial charge in [0.05, 0.1) is 29.7 Å². The third-order valence-electron chi connectivity index (χ3n) is 4.31. The number of fused-ring (bicyclic) bond motifs is 1. The number of esters is 1. The van der Waals surface area contributed by atoms with E-state index in [4.69, 9.17) is 4.74 Å². The van der Waals surface area contributed by atoms with Gasteiger partial charge in [-0.15, -0.1) is 0 Å².